The third kappa shape index (κ3) is 5.71. The molecule has 7 nitrogen and oxygen atoms in total. The zero-order valence-electron chi connectivity index (χ0n) is 17.0. The number of benzene rings is 2. The highest BCUT2D eigenvalue weighted by Crippen LogP contribution is 2.26. The Balaban J connectivity index is 1.75. The molecule has 158 valence electrons. The topological polar surface area (TPSA) is 101 Å². The summed E-state index contributed by atoms with van der Waals surface area (Å²) in [5.74, 6) is -0.0817. The second-order valence-corrected chi connectivity index (χ2v) is 10.3. The summed E-state index contributed by atoms with van der Waals surface area (Å²) in [6.07, 6.45) is 0.638. The summed E-state index contributed by atoms with van der Waals surface area (Å²) in [4.78, 5) is 12.3. The van der Waals surface area contributed by atoms with Crippen LogP contribution >= 0.6 is 11.3 Å². The number of anilines is 1. The highest BCUT2D eigenvalue weighted by atomic mass is 32.2. The third-order valence-corrected chi connectivity index (χ3v) is 7.05. The molecule has 9 heteroatoms. The van der Waals surface area contributed by atoms with E-state index in [9.17, 15) is 13.2 Å². The molecule has 0 spiro atoms. The molecule has 2 N–H and O–H groups in total. The van der Waals surface area contributed by atoms with Crippen molar-refractivity contribution in [2.75, 3.05) is 5.32 Å². The Bertz CT molecular complexity index is 1090. The monoisotopic (exact) mass is 444 g/mol. The summed E-state index contributed by atoms with van der Waals surface area (Å²) in [7, 11) is -3.89. The van der Waals surface area contributed by atoms with Crippen LogP contribution in [0.1, 0.15) is 47.8 Å². The minimum Gasteiger partial charge on any atom is -0.296 e. The van der Waals surface area contributed by atoms with Crippen molar-refractivity contribution in [1.82, 2.24) is 14.9 Å². The normalized spacial score (nSPS) is 12.7. The van der Waals surface area contributed by atoms with Gasteiger partial charge in [0.05, 0.1) is 0 Å². The lowest BCUT2D eigenvalue weighted by Gasteiger charge is -2.20. The van der Waals surface area contributed by atoms with E-state index in [2.05, 4.69) is 20.2 Å². The zero-order chi connectivity index (χ0) is 21.7. The van der Waals surface area contributed by atoms with Crippen LogP contribution in [0.3, 0.4) is 0 Å². The maximum Gasteiger partial charge on any atom is 0.270 e. The molecule has 3 aromatic rings. The Kier molecular flexibility index (Phi) is 6.96. The molecule has 0 saturated heterocycles. The first-order chi connectivity index (χ1) is 14.2. The fourth-order valence-electron chi connectivity index (χ4n) is 2.89. The van der Waals surface area contributed by atoms with Crippen molar-refractivity contribution < 1.29 is 13.2 Å². The molecule has 1 heterocycles. The van der Waals surface area contributed by atoms with Gasteiger partial charge in [-0.25, -0.2) is 13.1 Å². The molecule has 0 bridgehead atoms. The van der Waals surface area contributed by atoms with Crippen molar-refractivity contribution in [3.05, 3.63) is 71.3 Å². The van der Waals surface area contributed by atoms with Crippen LogP contribution < -0.4 is 10.0 Å². The average Bonchev–Trinajstić information content (AvgIpc) is 3.17. The molecule has 2 aromatic carbocycles. The molecule has 0 aliphatic rings. The summed E-state index contributed by atoms with van der Waals surface area (Å²) >= 11 is 0.817. The van der Waals surface area contributed by atoms with E-state index in [1.165, 1.54) is 0 Å². The van der Waals surface area contributed by atoms with Gasteiger partial charge in [-0.15, -0.1) is 10.2 Å². The number of carbonyl (C=O) groups excluding carboxylic acids is 1. The highest BCUT2D eigenvalue weighted by Gasteiger charge is 2.26. The van der Waals surface area contributed by atoms with Gasteiger partial charge in [-0.2, -0.15) is 0 Å². The summed E-state index contributed by atoms with van der Waals surface area (Å²) in [5, 5.41) is 10.3. The van der Waals surface area contributed by atoms with E-state index < -0.39 is 10.0 Å². The lowest BCUT2D eigenvalue weighted by Crippen LogP contribution is -2.29. The van der Waals surface area contributed by atoms with E-state index in [-0.39, 0.29) is 27.3 Å². The summed E-state index contributed by atoms with van der Waals surface area (Å²) in [6.45, 7) is 6.00. The molecule has 0 radical (unpaired) electrons. The second-order valence-electron chi connectivity index (χ2n) is 7.41. The molecule has 3 rings (SSSR count). The Morgan fingerprint density at radius 3 is 2.33 bits per heavy atom. The standard InChI is InChI=1S/C21H24N4O3S2/c1-14(2)13-18(16-7-5-4-6-8-16)25-30(27,28)21-24-23-20(29-21)22-19(26)17-11-9-15(3)10-12-17/h4-12,14,18,25H,13H2,1-3H3,(H,22,23,26). The maximum atomic E-state index is 12.9. The zero-order valence-corrected chi connectivity index (χ0v) is 18.6. The van der Waals surface area contributed by atoms with E-state index in [0.717, 1.165) is 22.5 Å². The number of hydrogen-bond acceptors (Lipinski definition) is 6. The number of carbonyl (C=O) groups is 1. The maximum absolute atomic E-state index is 12.9. The molecule has 30 heavy (non-hydrogen) atoms. The molecular formula is C21H24N4O3S2. The SMILES string of the molecule is Cc1ccc(C(=O)Nc2nnc(S(=O)(=O)NC(CC(C)C)c3ccccc3)s2)cc1. The van der Waals surface area contributed by atoms with Crippen LogP contribution in [0.5, 0.6) is 0 Å². The van der Waals surface area contributed by atoms with Crippen LogP contribution in [0.2, 0.25) is 0 Å². The van der Waals surface area contributed by atoms with Crippen LogP contribution in [0.4, 0.5) is 5.13 Å². The van der Waals surface area contributed by atoms with E-state index in [1.54, 1.807) is 12.1 Å². The molecule has 0 aliphatic heterocycles. The number of rotatable bonds is 8. The highest BCUT2D eigenvalue weighted by molar-refractivity contribution is 7.91. The van der Waals surface area contributed by atoms with Crippen molar-refractivity contribution >= 4 is 32.4 Å². The fraction of sp³-hybridized carbons (Fsp3) is 0.286. The summed E-state index contributed by atoms with van der Waals surface area (Å²) in [5.41, 5.74) is 2.38. The first kappa shape index (κ1) is 22.1. The number of aryl methyl sites for hydroxylation is 1. The van der Waals surface area contributed by atoms with Gasteiger partial charge in [0.25, 0.3) is 15.9 Å². The average molecular weight is 445 g/mol. The number of nitrogens with zero attached hydrogens (tertiary/aromatic N) is 2. The van der Waals surface area contributed by atoms with E-state index in [4.69, 9.17) is 0 Å². The second kappa shape index (κ2) is 9.46. The number of aromatic nitrogens is 2. The molecule has 0 fully saturated rings. The number of nitrogens with one attached hydrogen (secondary N) is 2. The fourth-order valence-corrected chi connectivity index (χ4v) is 5.04. The third-order valence-electron chi connectivity index (χ3n) is 4.38. The van der Waals surface area contributed by atoms with Crippen molar-refractivity contribution in [3.8, 4) is 0 Å². The van der Waals surface area contributed by atoms with Crippen molar-refractivity contribution in [2.24, 2.45) is 5.92 Å². The minimum absolute atomic E-state index is 0.126. The number of hydrogen-bond donors (Lipinski definition) is 2. The Hall–Kier alpha value is -2.62. The van der Waals surface area contributed by atoms with Crippen LogP contribution in [0.15, 0.2) is 58.9 Å². The van der Waals surface area contributed by atoms with Crippen LogP contribution in [-0.2, 0) is 10.0 Å². The van der Waals surface area contributed by atoms with Gasteiger partial charge in [-0.05, 0) is 37.0 Å². The van der Waals surface area contributed by atoms with Gasteiger partial charge in [0, 0.05) is 11.6 Å². The Morgan fingerprint density at radius 1 is 1.03 bits per heavy atom. The first-order valence-corrected chi connectivity index (χ1v) is 11.8. The first-order valence-electron chi connectivity index (χ1n) is 9.53. The van der Waals surface area contributed by atoms with Gasteiger partial charge >= 0.3 is 0 Å². The van der Waals surface area contributed by atoms with Gasteiger partial charge in [-0.3, -0.25) is 10.1 Å². The molecular weight excluding hydrogens is 420 g/mol. The quantitative estimate of drug-likeness (QED) is 0.508. The van der Waals surface area contributed by atoms with Gasteiger partial charge in [-0.1, -0.05) is 73.2 Å². The minimum atomic E-state index is -3.89. The van der Waals surface area contributed by atoms with Crippen LogP contribution in [0, 0.1) is 12.8 Å². The molecule has 0 aliphatic carbocycles. The number of amides is 1. The molecule has 1 atom stereocenters. The molecule has 1 unspecified atom stereocenters. The summed E-state index contributed by atoms with van der Waals surface area (Å²) < 4.78 is 28.3. The van der Waals surface area contributed by atoms with Gasteiger partial charge < -0.3 is 0 Å². The smallest absolute Gasteiger partial charge is 0.270 e. The lowest BCUT2D eigenvalue weighted by atomic mass is 9.98. The van der Waals surface area contributed by atoms with Gasteiger partial charge in [0.1, 0.15) is 0 Å². The van der Waals surface area contributed by atoms with Crippen molar-refractivity contribution in [2.45, 2.75) is 37.6 Å². The molecule has 0 saturated carbocycles. The van der Waals surface area contributed by atoms with Crippen molar-refractivity contribution in [1.29, 1.82) is 0 Å². The van der Waals surface area contributed by atoms with Gasteiger partial charge in [0.2, 0.25) is 9.47 Å². The summed E-state index contributed by atoms with van der Waals surface area (Å²) in [6, 6.07) is 16.1. The molecule has 1 amide bonds. The predicted molar refractivity (Wildman–Crippen MR) is 118 cm³/mol. The number of sulfonamides is 1. The van der Waals surface area contributed by atoms with Crippen LogP contribution in [-0.4, -0.2) is 24.5 Å². The molecule has 1 aromatic heterocycles. The van der Waals surface area contributed by atoms with E-state index in [0.29, 0.717) is 12.0 Å². The van der Waals surface area contributed by atoms with Crippen LogP contribution in [0.25, 0.3) is 0 Å². The Morgan fingerprint density at radius 2 is 1.70 bits per heavy atom. The van der Waals surface area contributed by atoms with Gasteiger partial charge in [0.15, 0.2) is 0 Å². The lowest BCUT2D eigenvalue weighted by molar-refractivity contribution is 0.102. The predicted octanol–water partition coefficient (Wildman–Crippen LogP) is 4.16. The van der Waals surface area contributed by atoms with E-state index in [1.807, 2.05) is 63.2 Å². The van der Waals surface area contributed by atoms with E-state index >= 15 is 0 Å². The van der Waals surface area contributed by atoms with Crippen molar-refractivity contribution in [3.63, 3.8) is 0 Å². The Labute approximate surface area is 180 Å². The largest absolute Gasteiger partial charge is 0.296 e.